The normalized spacial score (nSPS) is 20.2. The van der Waals surface area contributed by atoms with Gasteiger partial charge in [-0.2, -0.15) is 0 Å². The predicted molar refractivity (Wildman–Crippen MR) is 122 cm³/mol. The van der Waals surface area contributed by atoms with E-state index in [0.29, 0.717) is 31.6 Å². The molecule has 5 amide bonds. The van der Waals surface area contributed by atoms with Gasteiger partial charge in [-0.1, -0.05) is 12.1 Å². The summed E-state index contributed by atoms with van der Waals surface area (Å²) in [4.78, 5) is 63.5. The molecular weight excluding hydrogens is 456 g/mol. The van der Waals surface area contributed by atoms with Gasteiger partial charge in [-0.3, -0.25) is 19.7 Å². The van der Waals surface area contributed by atoms with E-state index in [1.165, 1.54) is 4.90 Å². The summed E-state index contributed by atoms with van der Waals surface area (Å²) in [5.74, 6) is -0.983. The third-order valence-corrected chi connectivity index (χ3v) is 6.09. The number of benzene rings is 1. The molecule has 3 aliphatic heterocycles. The molecule has 11 nitrogen and oxygen atoms in total. The molecule has 0 radical (unpaired) electrons. The lowest BCUT2D eigenvalue weighted by molar-refractivity contribution is -0.136. The first-order chi connectivity index (χ1) is 16.5. The molecule has 2 saturated heterocycles. The molecule has 3 heterocycles. The largest absolute Gasteiger partial charge is 0.449 e. The van der Waals surface area contributed by atoms with Crippen LogP contribution in [0.5, 0.6) is 0 Å². The SMILES string of the molecule is CC(C)(C)OC(=O)N1CC(COC(=O)NCc2ccc3c(c2)C(=O)N(C2CCC(=O)NC2=O)C3)C1. The van der Waals surface area contributed by atoms with E-state index in [0.717, 1.165) is 11.1 Å². The van der Waals surface area contributed by atoms with Gasteiger partial charge in [0.1, 0.15) is 11.6 Å². The zero-order valence-corrected chi connectivity index (χ0v) is 20.1. The zero-order chi connectivity index (χ0) is 25.3. The third-order valence-electron chi connectivity index (χ3n) is 6.09. The molecule has 0 aromatic heterocycles. The number of hydrogen-bond donors (Lipinski definition) is 2. The number of alkyl carbamates (subject to hydrolysis) is 1. The Hall–Kier alpha value is -3.63. The van der Waals surface area contributed by atoms with Crippen LogP contribution in [0.15, 0.2) is 18.2 Å². The van der Waals surface area contributed by atoms with E-state index in [9.17, 15) is 24.0 Å². The molecule has 3 aliphatic rings. The Bertz CT molecular complexity index is 1060. The van der Waals surface area contributed by atoms with Crippen molar-refractivity contribution in [3.63, 3.8) is 0 Å². The van der Waals surface area contributed by atoms with Crippen molar-refractivity contribution in [2.24, 2.45) is 5.92 Å². The lowest BCUT2D eigenvalue weighted by atomic mass is 10.0. The molecular formula is C24H30N4O7. The van der Waals surface area contributed by atoms with Crippen LogP contribution < -0.4 is 10.6 Å². The van der Waals surface area contributed by atoms with Crippen LogP contribution in [0, 0.1) is 5.92 Å². The second-order valence-corrected chi connectivity index (χ2v) is 10.1. The highest BCUT2D eigenvalue weighted by Gasteiger charge is 2.39. The lowest BCUT2D eigenvalue weighted by Gasteiger charge is -2.39. The van der Waals surface area contributed by atoms with Crippen molar-refractivity contribution in [2.45, 2.75) is 58.3 Å². The molecule has 4 rings (SSSR count). The topological polar surface area (TPSA) is 134 Å². The molecule has 11 heteroatoms. The molecule has 0 bridgehead atoms. The van der Waals surface area contributed by atoms with E-state index in [1.54, 1.807) is 37.8 Å². The highest BCUT2D eigenvalue weighted by molar-refractivity contribution is 6.05. The van der Waals surface area contributed by atoms with Crippen LogP contribution >= 0.6 is 0 Å². The zero-order valence-electron chi connectivity index (χ0n) is 20.1. The number of ether oxygens (including phenoxy) is 2. The number of amides is 5. The van der Waals surface area contributed by atoms with Crippen LogP contribution in [-0.2, 0) is 32.2 Å². The minimum absolute atomic E-state index is 0.0594. The van der Waals surface area contributed by atoms with Gasteiger partial charge in [0.25, 0.3) is 5.91 Å². The summed E-state index contributed by atoms with van der Waals surface area (Å²) in [5, 5.41) is 4.95. The van der Waals surface area contributed by atoms with Crippen molar-refractivity contribution in [3.8, 4) is 0 Å². The fraction of sp³-hybridized carbons (Fsp3) is 0.542. The molecule has 2 fully saturated rings. The average molecular weight is 487 g/mol. The highest BCUT2D eigenvalue weighted by atomic mass is 16.6. The van der Waals surface area contributed by atoms with Gasteiger partial charge in [-0.15, -0.1) is 0 Å². The number of hydrogen-bond acceptors (Lipinski definition) is 7. The maximum Gasteiger partial charge on any atom is 0.410 e. The summed E-state index contributed by atoms with van der Waals surface area (Å²) in [7, 11) is 0. The van der Waals surface area contributed by atoms with Gasteiger partial charge in [-0.25, -0.2) is 9.59 Å². The van der Waals surface area contributed by atoms with Gasteiger partial charge in [-0.05, 0) is 44.4 Å². The second kappa shape index (κ2) is 9.55. The molecule has 1 unspecified atom stereocenters. The Kier molecular flexibility index (Phi) is 6.68. The van der Waals surface area contributed by atoms with Crippen LogP contribution in [0.2, 0.25) is 0 Å². The van der Waals surface area contributed by atoms with Crippen LogP contribution in [-0.4, -0.2) is 71.0 Å². The van der Waals surface area contributed by atoms with Gasteiger partial charge in [0.2, 0.25) is 11.8 Å². The minimum Gasteiger partial charge on any atom is -0.449 e. The summed E-state index contributed by atoms with van der Waals surface area (Å²) in [6.45, 7) is 7.03. The van der Waals surface area contributed by atoms with Gasteiger partial charge in [0.05, 0.1) is 6.61 Å². The Morgan fingerprint density at radius 1 is 1.17 bits per heavy atom. The molecule has 1 atom stereocenters. The molecule has 188 valence electrons. The Balaban J connectivity index is 1.21. The second-order valence-electron chi connectivity index (χ2n) is 10.1. The molecule has 0 saturated carbocycles. The molecule has 35 heavy (non-hydrogen) atoms. The van der Waals surface area contributed by atoms with Gasteiger partial charge in [0.15, 0.2) is 0 Å². The van der Waals surface area contributed by atoms with Crippen molar-refractivity contribution in [2.75, 3.05) is 19.7 Å². The van der Waals surface area contributed by atoms with E-state index in [2.05, 4.69) is 10.6 Å². The number of piperidine rings is 1. The van der Waals surface area contributed by atoms with Crippen molar-refractivity contribution < 1.29 is 33.4 Å². The fourth-order valence-corrected chi connectivity index (χ4v) is 4.28. The summed E-state index contributed by atoms with van der Waals surface area (Å²) in [6, 6.07) is 4.66. The highest BCUT2D eigenvalue weighted by Crippen LogP contribution is 2.28. The van der Waals surface area contributed by atoms with Crippen molar-refractivity contribution >= 4 is 29.9 Å². The predicted octanol–water partition coefficient (Wildman–Crippen LogP) is 1.54. The number of likely N-dealkylation sites (tertiary alicyclic amines) is 1. The number of imide groups is 1. The number of nitrogens with zero attached hydrogens (tertiary/aromatic N) is 2. The Morgan fingerprint density at radius 3 is 2.60 bits per heavy atom. The maximum atomic E-state index is 12.9. The summed E-state index contributed by atoms with van der Waals surface area (Å²) >= 11 is 0. The van der Waals surface area contributed by atoms with Crippen molar-refractivity contribution in [3.05, 3.63) is 34.9 Å². The number of carbonyl (C=O) groups is 5. The smallest absolute Gasteiger partial charge is 0.410 e. The maximum absolute atomic E-state index is 12.9. The first kappa shape index (κ1) is 24.5. The van der Waals surface area contributed by atoms with Crippen LogP contribution in [0.1, 0.15) is 55.1 Å². The monoisotopic (exact) mass is 486 g/mol. The number of carbonyl (C=O) groups excluding carboxylic acids is 5. The van der Waals surface area contributed by atoms with Gasteiger partial charge in [0, 0.05) is 44.1 Å². The molecule has 0 spiro atoms. The number of fused-ring (bicyclic) bond motifs is 1. The molecule has 1 aromatic carbocycles. The number of nitrogens with one attached hydrogen (secondary N) is 2. The van der Waals surface area contributed by atoms with Crippen molar-refractivity contribution in [1.29, 1.82) is 0 Å². The van der Waals surface area contributed by atoms with Crippen molar-refractivity contribution in [1.82, 2.24) is 20.4 Å². The van der Waals surface area contributed by atoms with E-state index >= 15 is 0 Å². The van der Waals surface area contributed by atoms with E-state index in [-0.39, 0.29) is 43.4 Å². The average Bonchev–Trinajstić information content (AvgIpc) is 3.05. The standard InChI is InChI=1S/C24H30N4O7/c1-24(2,3)35-23(33)27-10-15(11-27)13-34-22(32)25-9-14-4-5-16-12-28(21(31)17(16)8-14)18-6-7-19(29)26-20(18)30/h4-5,8,15,18H,6-7,9-13H2,1-3H3,(H,25,32)(H,26,29,30). The van der Waals surface area contributed by atoms with Gasteiger partial charge >= 0.3 is 12.2 Å². The lowest BCUT2D eigenvalue weighted by Crippen LogP contribution is -2.53. The quantitative estimate of drug-likeness (QED) is 0.603. The third kappa shape index (κ3) is 5.72. The number of rotatable bonds is 5. The first-order valence-electron chi connectivity index (χ1n) is 11.6. The van der Waals surface area contributed by atoms with E-state index < -0.39 is 23.6 Å². The summed E-state index contributed by atoms with van der Waals surface area (Å²) in [5.41, 5.74) is 1.45. The van der Waals surface area contributed by atoms with Gasteiger partial charge < -0.3 is 24.6 Å². The van der Waals surface area contributed by atoms with Crippen LogP contribution in [0.4, 0.5) is 9.59 Å². The fourth-order valence-electron chi connectivity index (χ4n) is 4.28. The molecule has 1 aromatic rings. The summed E-state index contributed by atoms with van der Waals surface area (Å²) in [6.07, 6.45) is -0.451. The Morgan fingerprint density at radius 2 is 1.91 bits per heavy atom. The molecule has 0 aliphatic carbocycles. The van der Waals surface area contributed by atoms with E-state index in [4.69, 9.17) is 9.47 Å². The van der Waals surface area contributed by atoms with Crippen LogP contribution in [0.3, 0.4) is 0 Å². The minimum atomic E-state index is -0.665. The Labute approximate surface area is 203 Å². The first-order valence-corrected chi connectivity index (χ1v) is 11.6. The summed E-state index contributed by atoms with van der Waals surface area (Å²) < 4.78 is 10.6. The molecule has 2 N–H and O–H groups in total. The van der Waals surface area contributed by atoms with E-state index in [1.807, 2.05) is 6.07 Å². The van der Waals surface area contributed by atoms with Crippen LogP contribution in [0.25, 0.3) is 0 Å².